The predicted molar refractivity (Wildman–Crippen MR) is 101 cm³/mol. The number of hydrogen-bond donors (Lipinski definition) is 1. The van der Waals surface area contributed by atoms with Gasteiger partial charge in [-0.05, 0) is 66.8 Å². The number of carbonyl (C=O) groups excluding carboxylic acids is 1. The molecule has 3 aliphatic heterocycles. The van der Waals surface area contributed by atoms with Crippen LogP contribution in [0, 0.1) is 0 Å². The van der Waals surface area contributed by atoms with Crippen molar-refractivity contribution in [2.45, 2.75) is 0 Å². The average Bonchev–Trinajstić information content (AvgIpc) is 3.38. The van der Waals surface area contributed by atoms with Crippen LogP contribution in [-0.2, 0) is 0 Å². The second-order valence-electron chi connectivity index (χ2n) is 5.57. The highest BCUT2D eigenvalue weighted by atomic mass is 16.1. The molecular formula is C20H14N4O. The summed E-state index contributed by atoms with van der Waals surface area (Å²) in [4.78, 5) is 27.0. The molecule has 0 spiro atoms. The molecule has 0 unspecified atom stereocenters. The summed E-state index contributed by atoms with van der Waals surface area (Å²) in [5.41, 5.74) is 5.68. The van der Waals surface area contributed by atoms with Crippen LogP contribution in [0.5, 0.6) is 0 Å². The highest BCUT2D eigenvalue weighted by molar-refractivity contribution is 6.11. The molecule has 1 aromatic heterocycles. The number of aromatic nitrogens is 1. The number of rotatable bonds is 4. The van der Waals surface area contributed by atoms with Crippen LogP contribution in [0.2, 0.25) is 0 Å². The van der Waals surface area contributed by atoms with Gasteiger partial charge in [-0.3, -0.25) is 9.79 Å². The van der Waals surface area contributed by atoms with Gasteiger partial charge in [-0.2, -0.15) is 0 Å². The highest BCUT2D eigenvalue weighted by Crippen LogP contribution is 2.18. The van der Waals surface area contributed by atoms with Crippen LogP contribution >= 0.6 is 0 Å². The first-order chi connectivity index (χ1) is 12.3. The number of hydrogen-bond acceptors (Lipinski definition) is 4. The second kappa shape index (κ2) is 6.49. The molecule has 0 saturated carbocycles. The first kappa shape index (κ1) is 15.0. The molecule has 0 aliphatic carbocycles. The molecule has 1 N–H and O–H groups in total. The molecule has 120 valence electrons. The number of nitrogens with one attached hydrogen (secondary N) is 1. The van der Waals surface area contributed by atoms with E-state index in [4.69, 9.17) is 0 Å². The Bertz CT molecular complexity index is 990. The fraction of sp³-hybridized carbons (Fsp3) is 0. The monoisotopic (exact) mass is 326 g/mol. The zero-order chi connectivity index (χ0) is 17.1. The Morgan fingerprint density at radius 2 is 1.44 bits per heavy atom. The zero-order valence-electron chi connectivity index (χ0n) is 13.3. The maximum Gasteiger partial charge on any atom is 0.166 e. The van der Waals surface area contributed by atoms with E-state index in [-0.39, 0.29) is 0 Å². The number of aliphatic imine (C=N–C) groups is 3. The van der Waals surface area contributed by atoms with Crippen molar-refractivity contribution < 1.29 is 4.79 Å². The van der Waals surface area contributed by atoms with Gasteiger partial charge in [0.25, 0.3) is 0 Å². The van der Waals surface area contributed by atoms with Crippen molar-refractivity contribution in [3.63, 3.8) is 0 Å². The molecule has 0 saturated heterocycles. The third-order valence-electron chi connectivity index (χ3n) is 3.70. The van der Waals surface area contributed by atoms with Crippen LogP contribution in [0.3, 0.4) is 0 Å². The summed E-state index contributed by atoms with van der Waals surface area (Å²) in [5, 5.41) is 0. The molecule has 4 rings (SSSR count). The Balaban J connectivity index is 1.50. The van der Waals surface area contributed by atoms with E-state index in [9.17, 15) is 4.79 Å². The van der Waals surface area contributed by atoms with Gasteiger partial charge in [0.05, 0.1) is 34.2 Å². The van der Waals surface area contributed by atoms with Crippen molar-refractivity contribution in [2.75, 3.05) is 0 Å². The first-order valence-electron chi connectivity index (χ1n) is 7.82. The fourth-order valence-electron chi connectivity index (χ4n) is 2.55. The first-order valence-corrected chi connectivity index (χ1v) is 7.82. The van der Waals surface area contributed by atoms with Crippen molar-refractivity contribution in [1.82, 2.24) is 4.98 Å². The van der Waals surface area contributed by atoms with Crippen molar-refractivity contribution in [3.05, 3.63) is 89.2 Å². The van der Waals surface area contributed by atoms with E-state index in [2.05, 4.69) is 20.0 Å². The van der Waals surface area contributed by atoms with Gasteiger partial charge in [-0.15, -0.1) is 0 Å². The van der Waals surface area contributed by atoms with Crippen LogP contribution in [0.25, 0.3) is 6.08 Å². The lowest BCUT2D eigenvalue weighted by Gasteiger charge is -1.92. The third-order valence-corrected chi connectivity index (χ3v) is 3.70. The van der Waals surface area contributed by atoms with E-state index < -0.39 is 0 Å². The Labute approximate surface area is 144 Å². The Hall–Kier alpha value is -3.60. The molecule has 0 bridgehead atoms. The van der Waals surface area contributed by atoms with E-state index in [0.29, 0.717) is 5.69 Å². The minimum absolute atomic E-state index is 0.550. The molecule has 0 fully saturated rings. The average molecular weight is 326 g/mol. The molecule has 5 nitrogen and oxygen atoms in total. The van der Waals surface area contributed by atoms with Gasteiger partial charge in [0, 0.05) is 11.9 Å². The molecule has 4 heterocycles. The van der Waals surface area contributed by atoms with Crippen molar-refractivity contribution in [2.24, 2.45) is 15.0 Å². The van der Waals surface area contributed by atoms with Gasteiger partial charge in [0.1, 0.15) is 0 Å². The molecule has 0 radical (unpaired) electrons. The van der Waals surface area contributed by atoms with E-state index in [1.54, 1.807) is 12.3 Å². The highest BCUT2D eigenvalue weighted by Gasteiger charge is 2.07. The minimum Gasteiger partial charge on any atom is -0.353 e. The number of nitrogens with zero attached hydrogens (tertiary/aromatic N) is 3. The lowest BCUT2D eigenvalue weighted by Crippen LogP contribution is -1.86. The normalized spacial score (nSPS) is 22.6. The molecule has 0 aromatic carbocycles. The van der Waals surface area contributed by atoms with Gasteiger partial charge in [-0.1, -0.05) is 0 Å². The lowest BCUT2D eigenvalue weighted by molar-refractivity contribution is 0.111. The molecule has 3 aliphatic rings. The quantitative estimate of drug-likeness (QED) is 0.844. The van der Waals surface area contributed by atoms with Crippen LogP contribution in [0.15, 0.2) is 92.8 Å². The van der Waals surface area contributed by atoms with E-state index in [0.717, 1.165) is 40.5 Å². The summed E-state index contributed by atoms with van der Waals surface area (Å²) in [6.07, 6.45) is 19.9. The van der Waals surface area contributed by atoms with Crippen molar-refractivity contribution >= 4 is 30.0 Å². The summed E-state index contributed by atoms with van der Waals surface area (Å²) in [6.45, 7) is 0. The molecule has 5 heteroatoms. The lowest BCUT2D eigenvalue weighted by atomic mass is 10.2. The summed E-state index contributed by atoms with van der Waals surface area (Å²) in [6, 6.07) is 3.59. The summed E-state index contributed by atoms with van der Waals surface area (Å²) in [7, 11) is 0. The van der Waals surface area contributed by atoms with Gasteiger partial charge in [0.2, 0.25) is 0 Å². The van der Waals surface area contributed by atoms with Gasteiger partial charge < -0.3 is 4.98 Å². The number of allylic oxidation sites excluding steroid dienone is 8. The Morgan fingerprint density at radius 1 is 0.760 bits per heavy atom. The second-order valence-corrected chi connectivity index (χ2v) is 5.57. The van der Waals surface area contributed by atoms with E-state index in [1.165, 1.54) is 0 Å². The summed E-state index contributed by atoms with van der Waals surface area (Å²) in [5.74, 6) is 0. The maximum atomic E-state index is 10.7. The Morgan fingerprint density at radius 3 is 2.08 bits per heavy atom. The SMILES string of the molecule is O=Cc1ccc(/C=C2/C=CC(/C=C3\C=CC(/C=C4/C=CC=N4)=N3)=N2)[nH]1. The van der Waals surface area contributed by atoms with Gasteiger partial charge >= 0.3 is 0 Å². The number of H-pyrrole nitrogens is 1. The molecule has 0 atom stereocenters. The molecule has 25 heavy (non-hydrogen) atoms. The molecule has 0 amide bonds. The summed E-state index contributed by atoms with van der Waals surface area (Å²) < 4.78 is 0. The Kier molecular flexibility index (Phi) is 3.88. The third kappa shape index (κ3) is 3.50. The maximum absolute atomic E-state index is 10.7. The van der Waals surface area contributed by atoms with Crippen LogP contribution < -0.4 is 0 Å². The zero-order valence-corrected chi connectivity index (χ0v) is 13.3. The summed E-state index contributed by atoms with van der Waals surface area (Å²) >= 11 is 0. The molecular weight excluding hydrogens is 312 g/mol. The van der Waals surface area contributed by atoms with Crippen molar-refractivity contribution in [3.8, 4) is 0 Å². The largest absolute Gasteiger partial charge is 0.353 e. The number of aromatic amines is 1. The van der Waals surface area contributed by atoms with E-state index in [1.807, 2.05) is 60.8 Å². The topological polar surface area (TPSA) is 69.9 Å². The van der Waals surface area contributed by atoms with Crippen molar-refractivity contribution in [1.29, 1.82) is 0 Å². The predicted octanol–water partition coefficient (Wildman–Crippen LogP) is 3.60. The van der Waals surface area contributed by atoms with Crippen LogP contribution in [0.1, 0.15) is 16.2 Å². The van der Waals surface area contributed by atoms with Crippen LogP contribution in [-0.4, -0.2) is 28.9 Å². The minimum atomic E-state index is 0.550. The van der Waals surface area contributed by atoms with Gasteiger partial charge in [0.15, 0.2) is 6.29 Å². The number of aldehydes is 1. The number of carbonyl (C=O) groups is 1. The standard InChI is InChI=1S/C20H14N4O/c25-13-20-8-7-19(24-20)12-18-6-5-17(23-18)11-16-4-3-15(22-16)10-14-2-1-9-21-14/h1-13,24H/b14-10-,16-11+,18-12-. The smallest absolute Gasteiger partial charge is 0.166 e. The van der Waals surface area contributed by atoms with Crippen LogP contribution in [0.4, 0.5) is 0 Å². The van der Waals surface area contributed by atoms with E-state index >= 15 is 0 Å². The molecule has 1 aromatic rings. The fourth-order valence-corrected chi connectivity index (χ4v) is 2.55. The van der Waals surface area contributed by atoms with Gasteiger partial charge in [-0.25, -0.2) is 9.98 Å².